The van der Waals surface area contributed by atoms with Crippen molar-refractivity contribution in [2.24, 2.45) is 17.8 Å². The fourth-order valence-electron chi connectivity index (χ4n) is 3.73. The minimum atomic E-state index is 0.143. The summed E-state index contributed by atoms with van der Waals surface area (Å²) in [6.07, 6.45) is 6.02. The van der Waals surface area contributed by atoms with Gasteiger partial charge in [-0.25, -0.2) is 4.98 Å². The van der Waals surface area contributed by atoms with E-state index in [9.17, 15) is 4.79 Å². The molecule has 1 aromatic rings. The van der Waals surface area contributed by atoms with Crippen molar-refractivity contribution in [3.8, 4) is 0 Å². The molecule has 2 bridgehead atoms. The predicted molar refractivity (Wildman–Crippen MR) is 78.9 cm³/mol. The summed E-state index contributed by atoms with van der Waals surface area (Å²) >= 11 is 3.33. The van der Waals surface area contributed by atoms with E-state index in [1.165, 1.54) is 25.7 Å². The Labute approximate surface area is 122 Å². The molecular weight excluding hydrogens is 304 g/mol. The molecule has 4 heteroatoms. The number of nitrogens with zero attached hydrogens (tertiary/aromatic N) is 1. The van der Waals surface area contributed by atoms with Crippen LogP contribution in [0.15, 0.2) is 16.7 Å². The molecule has 0 saturated heterocycles. The second-order valence-corrected chi connectivity index (χ2v) is 6.77. The predicted octanol–water partition coefficient (Wildman–Crippen LogP) is 3.92. The minimum absolute atomic E-state index is 0.143. The van der Waals surface area contributed by atoms with E-state index in [0.29, 0.717) is 12.3 Å². The lowest BCUT2D eigenvalue weighted by molar-refractivity contribution is -0.117. The third-order valence-corrected chi connectivity index (χ3v) is 5.10. The molecule has 1 aromatic heterocycles. The van der Waals surface area contributed by atoms with Crippen LogP contribution in [0.4, 0.5) is 5.69 Å². The van der Waals surface area contributed by atoms with E-state index in [1.54, 1.807) is 0 Å². The molecule has 1 heterocycles. The van der Waals surface area contributed by atoms with E-state index in [0.717, 1.165) is 27.8 Å². The SMILES string of the molecule is Cc1nc(Br)ccc1NC(=O)CC1CC2CCC1C2. The molecule has 0 spiro atoms. The zero-order valence-corrected chi connectivity index (χ0v) is 12.7. The first-order chi connectivity index (χ1) is 9.11. The normalized spacial score (nSPS) is 28.6. The lowest BCUT2D eigenvalue weighted by atomic mass is 9.86. The summed E-state index contributed by atoms with van der Waals surface area (Å²) in [5, 5.41) is 3.00. The molecule has 2 saturated carbocycles. The standard InChI is InChI=1S/C15H19BrN2O/c1-9-13(4-5-14(16)17-9)18-15(19)8-12-7-10-2-3-11(12)6-10/h4-5,10-12H,2-3,6-8H2,1H3,(H,18,19). The Morgan fingerprint density at radius 1 is 1.42 bits per heavy atom. The molecule has 3 rings (SSSR count). The molecular formula is C15H19BrN2O. The third-order valence-electron chi connectivity index (χ3n) is 4.66. The average Bonchev–Trinajstić information content (AvgIpc) is 2.95. The number of rotatable bonds is 3. The molecule has 0 aliphatic heterocycles. The summed E-state index contributed by atoms with van der Waals surface area (Å²) in [4.78, 5) is 16.4. The van der Waals surface area contributed by atoms with Crippen LogP contribution in [0.3, 0.4) is 0 Å². The van der Waals surface area contributed by atoms with Gasteiger partial charge in [-0.2, -0.15) is 0 Å². The van der Waals surface area contributed by atoms with Crippen molar-refractivity contribution in [2.75, 3.05) is 5.32 Å². The topological polar surface area (TPSA) is 42.0 Å². The number of anilines is 1. The Hall–Kier alpha value is -0.900. The largest absolute Gasteiger partial charge is 0.324 e. The fraction of sp³-hybridized carbons (Fsp3) is 0.600. The molecule has 102 valence electrons. The Balaban J connectivity index is 1.59. The Morgan fingerprint density at radius 3 is 2.89 bits per heavy atom. The molecule has 3 atom stereocenters. The number of amides is 1. The number of aryl methyl sites for hydroxylation is 1. The number of nitrogens with one attached hydrogen (secondary N) is 1. The Bertz CT molecular complexity index is 503. The van der Waals surface area contributed by atoms with Gasteiger partial charge >= 0.3 is 0 Å². The van der Waals surface area contributed by atoms with Crippen LogP contribution in [0.5, 0.6) is 0 Å². The average molecular weight is 323 g/mol. The second-order valence-electron chi connectivity index (χ2n) is 5.95. The van der Waals surface area contributed by atoms with E-state index < -0.39 is 0 Å². The first kappa shape index (κ1) is 13.1. The van der Waals surface area contributed by atoms with E-state index in [1.807, 2.05) is 19.1 Å². The van der Waals surface area contributed by atoms with E-state index in [4.69, 9.17) is 0 Å². The number of hydrogen-bond donors (Lipinski definition) is 1. The zero-order valence-electron chi connectivity index (χ0n) is 11.2. The minimum Gasteiger partial charge on any atom is -0.324 e. The van der Waals surface area contributed by atoms with Crippen molar-refractivity contribution >= 4 is 27.5 Å². The van der Waals surface area contributed by atoms with Crippen molar-refractivity contribution in [1.29, 1.82) is 0 Å². The van der Waals surface area contributed by atoms with Crippen molar-refractivity contribution < 1.29 is 4.79 Å². The second kappa shape index (κ2) is 5.23. The van der Waals surface area contributed by atoms with Crippen LogP contribution in [-0.2, 0) is 4.79 Å². The molecule has 2 fully saturated rings. The quantitative estimate of drug-likeness (QED) is 0.857. The lowest BCUT2D eigenvalue weighted by Gasteiger charge is -2.21. The molecule has 3 unspecified atom stereocenters. The van der Waals surface area contributed by atoms with Crippen molar-refractivity contribution in [3.05, 3.63) is 22.4 Å². The van der Waals surface area contributed by atoms with Crippen molar-refractivity contribution in [1.82, 2.24) is 4.98 Å². The highest BCUT2D eigenvalue weighted by molar-refractivity contribution is 9.10. The van der Waals surface area contributed by atoms with Gasteiger partial charge in [0.25, 0.3) is 0 Å². The highest BCUT2D eigenvalue weighted by atomic mass is 79.9. The maximum Gasteiger partial charge on any atom is 0.224 e. The number of hydrogen-bond acceptors (Lipinski definition) is 2. The number of halogens is 1. The summed E-state index contributed by atoms with van der Waals surface area (Å²) in [5.74, 6) is 2.46. The molecule has 0 aromatic carbocycles. The van der Waals surface area contributed by atoms with Crippen molar-refractivity contribution in [2.45, 2.75) is 39.0 Å². The molecule has 0 radical (unpaired) electrons. The fourth-order valence-corrected chi connectivity index (χ4v) is 4.13. The smallest absolute Gasteiger partial charge is 0.224 e. The van der Waals surface area contributed by atoms with E-state index in [-0.39, 0.29) is 5.91 Å². The Kier molecular flexibility index (Phi) is 3.61. The number of fused-ring (bicyclic) bond motifs is 2. The van der Waals surface area contributed by atoms with Gasteiger partial charge in [-0.3, -0.25) is 4.79 Å². The summed E-state index contributed by atoms with van der Waals surface area (Å²) in [6.45, 7) is 1.91. The summed E-state index contributed by atoms with van der Waals surface area (Å²) < 4.78 is 0.802. The van der Waals surface area contributed by atoms with E-state index >= 15 is 0 Å². The first-order valence-electron chi connectivity index (χ1n) is 7.05. The molecule has 1 N–H and O–H groups in total. The van der Waals surface area contributed by atoms with Crippen LogP contribution < -0.4 is 5.32 Å². The highest BCUT2D eigenvalue weighted by Crippen LogP contribution is 2.49. The summed E-state index contributed by atoms with van der Waals surface area (Å²) in [6, 6.07) is 3.77. The highest BCUT2D eigenvalue weighted by Gasteiger charge is 2.40. The van der Waals surface area contributed by atoms with Gasteiger partial charge in [0.15, 0.2) is 0 Å². The number of carbonyl (C=O) groups excluding carboxylic acids is 1. The molecule has 3 nitrogen and oxygen atoms in total. The van der Waals surface area contributed by atoms with Gasteiger partial charge in [-0.1, -0.05) is 6.42 Å². The van der Waals surface area contributed by atoms with Gasteiger partial charge in [0.2, 0.25) is 5.91 Å². The van der Waals surface area contributed by atoms with Gasteiger partial charge < -0.3 is 5.32 Å². The summed E-state index contributed by atoms with van der Waals surface area (Å²) in [7, 11) is 0. The van der Waals surface area contributed by atoms with Gasteiger partial charge in [0.1, 0.15) is 4.60 Å². The maximum atomic E-state index is 12.1. The molecule has 19 heavy (non-hydrogen) atoms. The van der Waals surface area contributed by atoms with Gasteiger partial charge in [0.05, 0.1) is 11.4 Å². The molecule has 2 aliphatic carbocycles. The Morgan fingerprint density at radius 2 is 2.26 bits per heavy atom. The number of aromatic nitrogens is 1. The van der Waals surface area contributed by atoms with Crippen LogP contribution in [0, 0.1) is 24.7 Å². The summed E-state index contributed by atoms with van der Waals surface area (Å²) in [5.41, 5.74) is 1.69. The van der Waals surface area contributed by atoms with Gasteiger partial charge in [-0.05, 0) is 72.0 Å². The van der Waals surface area contributed by atoms with Crippen LogP contribution in [-0.4, -0.2) is 10.9 Å². The third kappa shape index (κ3) is 2.83. The maximum absolute atomic E-state index is 12.1. The van der Waals surface area contributed by atoms with Crippen LogP contribution in [0.1, 0.15) is 37.8 Å². The zero-order chi connectivity index (χ0) is 13.4. The molecule has 2 aliphatic rings. The lowest BCUT2D eigenvalue weighted by Crippen LogP contribution is -2.20. The van der Waals surface area contributed by atoms with Gasteiger partial charge in [-0.15, -0.1) is 0 Å². The van der Waals surface area contributed by atoms with Gasteiger partial charge in [0, 0.05) is 6.42 Å². The number of carbonyl (C=O) groups is 1. The first-order valence-corrected chi connectivity index (χ1v) is 7.84. The number of pyridine rings is 1. The van der Waals surface area contributed by atoms with Crippen LogP contribution >= 0.6 is 15.9 Å². The van der Waals surface area contributed by atoms with Crippen LogP contribution in [0.2, 0.25) is 0 Å². The van der Waals surface area contributed by atoms with E-state index in [2.05, 4.69) is 26.2 Å². The monoisotopic (exact) mass is 322 g/mol. The molecule has 1 amide bonds. The van der Waals surface area contributed by atoms with Crippen molar-refractivity contribution in [3.63, 3.8) is 0 Å². The van der Waals surface area contributed by atoms with Crippen LogP contribution in [0.25, 0.3) is 0 Å².